The summed E-state index contributed by atoms with van der Waals surface area (Å²) in [4.78, 5) is 27.1. The molecule has 0 atom stereocenters. The van der Waals surface area contributed by atoms with Crippen LogP contribution in [0, 0.1) is 5.82 Å². The van der Waals surface area contributed by atoms with Crippen molar-refractivity contribution in [1.29, 1.82) is 0 Å². The van der Waals surface area contributed by atoms with Crippen LogP contribution in [0.25, 0.3) is 20.5 Å². The topological polar surface area (TPSA) is 99.5 Å². The average Bonchev–Trinajstić information content (AvgIpc) is 2.98. The third-order valence-corrected chi connectivity index (χ3v) is 4.48. The summed E-state index contributed by atoms with van der Waals surface area (Å²) in [6, 6.07) is 7.68. The molecule has 0 saturated carbocycles. The van der Waals surface area contributed by atoms with Crippen molar-refractivity contribution in [2.45, 2.75) is 0 Å². The maximum absolute atomic E-state index is 13.0. The molecule has 1 amide bonds. The third kappa shape index (κ3) is 3.04. The second-order valence-corrected chi connectivity index (χ2v) is 5.99. The molecule has 0 aliphatic heterocycles. The molecule has 3 N–H and O–H groups in total. The van der Waals surface area contributed by atoms with Crippen LogP contribution < -0.4 is 5.32 Å². The Morgan fingerprint density at radius 3 is 2.62 bits per heavy atom. The number of aromatic hydroxyl groups is 1. The predicted molar refractivity (Wildman–Crippen MR) is 86.6 cm³/mol. The van der Waals surface area contributed by atoms with E-state index < -0.39 is 18.4 Å². The van der Waals surface area contributed by atoms with Crippen LogP contribution in [-0.4, -0.2) is 33.6 Å². The maximum Gasteiger partial charge on any atom is 0.322 e. The summed E-state index contributed by atoms with van der Waals surface area (Å²) in [6.45, 7) is -0.566. The Morgan fingerprint density at radius 2 is 1.96 bits per heavy atom. The van der Waals surface area contributed by atoms with Gasteiger partial charge in [-0.3, -0.25) is 9.59 Å². The monoisotopic (exact) mass is 346 g/mol. The van der Waals surface area contributed by atoms with Crippen molar-refractivity contribution in [3.05, 3.63) is 48.0 Å². The highest BCUT2D eigenvalue weighted by molar-refractivity contribution is 7.22. The van der Waals surface area contributed by atoms with Gasteiger partial charge in [0.15, 0.2) is 11.4 Å². The molecular weight excluding hydrogens is 335 g/mol. The van der Waals surface area contributed by atoms with Crippen LogP contribution in [0.5, 0.6) is 5.75 Å². The highest BCUT2D eigenvalue weighted by Crippen LogP contribution is 2.38. The summed E-state index contributed by atoms with van der Waals surface area (Å²) >= 11 is 1.23. The number of carbonyl (C=O) groups excluding carboxylic acids is 1. The Labute approximate surface area is 139 Å². The first-order valence-electron chi connectivity index (χ1n) is 6.83. The first kappa shape index (κ1) is 15.9. The molecule has 2 heterocycles. The van der Waals surface area contributed by atoms with E-state index in [0.717, 1.165) is 10.4 Å². The molecule has 3 rings (SSSR count). The van der Waals surface area contributed by atoms with Gasteiger partial charge in [0.25, 0.3) is 5.91 Å². The Bertz CT molecular complexity index is 937. The number of nitrogens with one attached hydrogen (secondary N) is 1. The van der Waals surface area contributed by atoms with Crippen molar-refractivity contribution in [1.82, 2.24) is 10.3 Å². The molecule has 6 nitrogen and oxygen atoms in total. The van der Waals surface area contributed by atoms with Crippen molar-refractivity contribution in [2.75, 3.05) is 6.54 Å². The number of carboxylic acid groups (broad SMARTS) is 1. The quantitative estimate of drug-likeness (QED) is 0.674. The molecule has 0 unspecified atom stereocenters. The third-order valence-electron chi connectivity index (χ3n) is 3.28. The summed E-state index contributed by atoms with van der Waals surface area (Å²) in [6.07, 6.45) is 1.42. The largest absolute Gasteiger partial charge is 0.504 e. The van der Waals surface area contributed by atoms with E-state index in [1.54, 1.807) is 18.2 Å². The standard InChI is InChI=1S/C16H11FN2O4S/c17-10-3-1-8(2-4-10)11-5-9-6-18-13(14(22)15(9)24-11)16(23)19-7-12(20)21/h1-6,22H,7H2,(H,19,23)(H,20,21). The molecular formula is C16H11FN2O4S. The van der Waals surface area contributed by atoms with E-state index in [1.165, 1.54) is 29.7 Å². The lowest BCUT2D eigenvalue weighted by Crippen LogP contribution is -2.29. The molecule has 0 radical (unpaired) electrons. The molecule has 1 aromatic carbocycles. The number of hydrogen-bond acceptors (Lipinski definition) is 5. The fourth-order valence-corrected chi connectivity index (χ4v) is 3.23. The van der Waals surface area contributed by atoms with Gasteiger partial charge in [-0.15, -0.1) is 11.3 Å². The van der Waals surface area contributed by atoms with Crippen molar-refractivity contribution < 1.29 is 24.2 Å². The minimum atomic E-state index is -1.20. The average molecular weight is 346 g/mol. The molecule has 2 aromatic heterocycles. The Hall–Kier alpha value is -3.00. The Morgan fingerprint density at radius 1 is 1.25 bits per heavy atom. The molecule has 0 fully saturated rings. The fraction of sp³-hybridized carbons (Fsp3) is 0.0625. The zero-order valence-corrected chi connectivity index (χ0v) is 12.9. The fourth-order valence-electron chi connectivity index (χ4n) is 2.15. The van der Waals surface area contributed by atoms with Gasteiger partial charge in [-0.2, -0.15) is 0 Å². The lowest BCUT2D eigenvalue weighted by molar-refractivity contribution is -0.135. The van der Waals surface area contributed by atoms with Crippen molar-refractivity contribution in [3.8, 4) is 16.2 Å². The summed E-state index contributed by atoms with van der Waals surface area (Å²) in [5.74, 6) is -2.62. The Kier molecular flexibility index (Phi) is 4.13. The van der Waals surface area contributed by atoms with Crippen molar-refractivity contribution in [2.24, 2.45) is 0 Å². The molecule has 3 aromatic rings. The van der Waals surface area contributed by atoms with Crippen LogP contribution in [0.2, 0.25) is 0 Å². The highest BCUT2D eigenvalue weighted by atomic mass is 32.1. The number of amides is 1. The number of hydrogen-bond donors (Lipinski definition) is 3. The van der Waals surface area contributed by atoms with Crippen LogP contribution >= 0.6 is 11.3 Å². The first-order valence-corrected chi connectivity index (χ1v) is 7.65. The molecule has 24 heavy (non-hydrogen) atoms. The number of aliphatic carboxylic acids is 1. The van der Waals surface area contributed by atoms with E-state index >= 15 is 0 Å². The minimum absolute atomic E-state index is 0.240. The van der Waals surface area contributed by atoms with Gasteiger partial charge in [0.05, 0.1) is 4.70 Å². The van der Waals surface area contributed by atoms with E-state index in [-0.39, 0.29) is 17.3 Å². The molecule has 0 saturated heterocycles. The van der Waals surface area contributed by atoms with E-state index in [9.17, 15) is 19.1 Å². The zero-order chi connectivity index (χ0) is 17.3. The molecule has 0 bridgehead atoms. The van der Waals surface area contributed by atoms with Gasteiger partial charge < -0.3 is 15.5 Å². The number of halogens is 1. The summed E-state index contributed by atoms with van der Waals surface area (Å²) in [7, 11) is 0. The van der Waals surface area contributed by atoms with E-state index in [0.29, 0.717) is 10.1 Å². The summed E-state index contributed by atoms with van der Waals surface area (Å²) < 4.78 is 13.5. The van der Waals surface area contributed by atoms with Gasteiger partial charge in [-0.1, -0.05) is 12.1 Å². The van der Waals surface area contributed by atoms with Crippen LogP contribution in [0.1, 0.15) is 10.5 Å². The van der Waals surface area contributed by atoms with Crippen LogP contribution in [0.4, 0.5) is 4.39 Å². The van der Waals surface area contributed by atoms with Gasteiger partial charge in [0.1, 0.15) is 12.4 Å². The predicted octanol–water partition coefficient (Wildman–Crippen LogP) is 2.62. The zero-order valence-electron chi connectivity index (χ0n) is 12.1. The molecule has 0 spiro atoms. The number of carboxylic acids is 1. The van der Waals surface area contributed by atoms with Crippen molar-refractivity contribution in [3.63, 3.8) is 0 Å². The minimum Gasteiger partial charge on any atom is -0.504 e. The van der Waals surface area contributed by atoms with Gasteiger partial charge in [0, 0.05) is 16.5 Å². The molecule has 8 heteroatoms. The number of fused-ring (bicyclic) bond motifs is 1. The van der Waals surface area contributed by atoms with Gasteiger partial charge in [-0.05, 0) is 23.8 Å². The maximum atomic E-state index is 13.0. The number of benzene rings is 1. The lowest BCUT2D eigenvalue weighted by Gasteiger charge is -2.04. The van der Waals surface area contributed by atoms with Gasteiger partial charge in [-0.25, -0.2) is 9.37 Å². The summed E-state index contributed by atoms with van der Waals surface area (Å²) in [5, 5.41) is 21.6. The number of thiophene rings is 1. The number of nitrogens with zero attached hydrogens (tertiary/aromatic N) is 1. The second kappa shape index (κ2) is 6.25. The first-order chi connectivity index (χ1) is 11.5. The van der Waals surface area contributed by atoms with Crippen molar-refractivity contribution >= 4 is 33.3 Å². The van der Waals surface area contributed by atoms with E-state index in [2.05, 4.69) is 10.3 Å². The normalized spacial score (nSPS) is 10.7. The van der Waals surface area contributed by atoms with Crippen LogP contribution in [-0.2, 0) is 4.79 Å². The molecule has 0 aliphatic rings. The van der Waals surface area contributed by atoms with Gasteiger partial charge >= 0.3 is 5.97 Å². The van der Waals surface area contributed by atoms with E-state index in [1.807, 2.05) is 0 Å². The summed E-state index contributed by atoms with van der Waals surface area (Å²) in [5.41, 5.74) is 0.533. The second-order valence-electron chi connectivity index (χ2n) is 4.93. The van der Waals surface area contributed by atoms with Crippen LogP contribution in [0.3, 0.4) is 0 Å². The van der Waals surface area contributed by atoms with Crippen LogP contribution in [0.15, 0.2) is 36.5 Å². The van der Waals surface area contributed by atoms with Gasteiger partial charge in [0.2, 0.25) is 0 Å². The van der Waals surface area contributed by atoms with E-state index in [4.69, 9.17) is 5.11 Å². The number of rotatable bonds is 4. The highest BCUT2D eigenvalue weighted by Gasteiger charge is 2.18. The number of aromatic nitrogens is 1. The number of pyridine rings is 1. The molecule has 122 valence electrons. The SMILES string of the molecule is O=C(O)CNC(=O)c1ncc2cc(-c3ccc(F)cc3)sc2c1O. The smallest absolute Gasteiger partial charge is 0.322 e. The Balaban J connectivity index is 1.98. The number of carbonyl (C=O) groups is 2. The lowest BCUT2D eigenvalue weighted by atomic mass is 10.1. The molecule has 0 aliphatic carbocycles.